The Bertz CT molecular complexity index is 644. The summed E-state index contributed by atoms with van der Waals surface area (Å²) in [6, 6.07) is 10.1. The van der Waals surface area contributed by atoms with Crippen LogP contribution >= 0.6 is 23.1 Å². The van der Waals surface area contributed by atoms with Crippen molar-refractivity contribution >= 4 is 35.0 Å². The second-order valence-corrected chi connectivity index (χ2v) is 6.98. The summed E-state index contributed by atoms with van der Waals surface area (Å²) in [6.07, 6.45) is 0.594. The van der Waals surface area contributed by atoms with Crippen LogP contribution < -0.4 is 5.32 Å². The zero-order valence-corrected chi connectivity index (χ0v) is 14.6. The summed E-state index contributed by atoms with van der Waals surface area (Å²) >= 11 is 3.10. The maximum Gasteiger partial charge on any atom is 0.316 e. The molecule has 0 aliphatic heterocycles. The van der Waals surface area contributed by atoms with Crippen molar-refractivity contribution in [3.05, 3.63) is 58.0 Å². The fourth-order valence-electron chi connectivity index (χ4n) is 1.87. The third-order valence-electron chi connectivity index (χ3n) is 3.06. The molecule has 0 bridgehead atoms. The molecule has 1 aromatic heterocycles. The first kappa shape index (κ1) is 18.5. The zero-order chi connectivity index (χ0) is 17.2. The van der Waals surface area contributed by atoms with Gasteiger partial charge in [-0.2, -0.15) is 0 Å². The molecule has 0 saturated heterocycles. The first-order valence-electron chi connectivity index (χ1n) is 7.40. The second kappa shape index (κ2) is 10.1. The SMILES string of the molecule is O=C(COC(=O)CSCc1cccs1)NCCc1ccc(F)cc1. The molecule has 1 N–H and O–H groups in total. The molecule has 1 amide bonds. The molecular weight excluding hydrogens is 349 g/mol. The van der Waals surface area contributed by atoms with Crippen LogP contribution in [0.15, 0.2) is 41.8 Å². The van der Waals surface area contributed by atoms with E-state index in [9.17, 15) is 14.0 Å². The average molecular weight is 367 g/mol. The quantitative estimate of drug-likeness (QED) is 0.692. The summed E-state index contributed by atoms with van der Waals surface area (Å²) in [7, 11) is 0. The number of carbonyl (C=O) groups is 2. The normalized spacial score (nSPS) is 10.4. The Kier molecular flexibility index (Phi) is 7.77. The van der Waals surface area contributed by atoms with Gasteiger partial charge in [0.15, 0.2) is 6.61 Å². The lowest BCUT2D eigenvalue weighted by Crippen LogP contribution is -2.30. The van der Waals surface area contributed by atoms with Gasteiger partial charge in [-0.15, -0.1) is 23.1 Å². The third-order valence-corrected chi connectivity index (χ3v) is 5.07. The Balaban J connectivity index is 1.53. The largest absolute Gasteiger partial charge is 0.455 e. The predicted molar refractivity (Wildman–Crippen MR) is 94.6 cm³/mol. The molecule has 4 nitrogen and oxygen atoms in total. The summed E-state index contributed by atoms with van der Waals surface area (Å²) in [5.74, 6) is -0.0391. The molecule has 24 heavy (non-hydrogen) atoms. The van der Waals surface area contributed by atoms with E-state index >= 15 is 0 Å². The number of amides is 1. The van der Waals surface area contributed by atoms with Crippen LogP contribution in [-0.2, 0) is 26.5 Å². The summed E-state index contributed by atoms with van der Waals surface area (Å²) in [6.45, 7) is 0.136. The number of esters is 1. The van der Waals surface area contributed by atoms with Gasteiger partial charge in [0, 0.05) is 17.2 Å². The van der Waals surface area contributed by atoms with Crippen LogP contribution in [0.3, 0.4) is 0 Å². The van der Waals surface area contributed by atoms with Crippen molar-refractivity contribution in [1.29, 1.82) is 0 Å². The van der Waals surface area contributed by atoms with Gasteiger partial charge in [-0.25, -0.2) is 4.39 Å². The third kappa shape index (κ3) is 7.14. The molecule has 7 heteroatoms. The van der Waals surface area contributed by atoms with Crippen molar-refractivity contribution in [2.75, 3.05) is 18.9 Å². The van der Waals surface area contributed by atoms with Crippen LogP contribution in [0.4, 0.5) is 4.39 Å². The highest BCUT2D eigenvalue weighted by atomic mass is 32.2. The van der Waals surface area contributed by atoms with Gasteiger partial charge >= 0.3 is 5.97 Å². The molecule has 128 valence electrons. The van der Waals surface area contributed by atoms with Crippen molar-refractivity contribution in [3.8, 4) is 0 Å². The molecule has 0 aliphatic carbocycles. The molecule has 0 unspecified atom stereocenters. The number of halogens is 1. The number of hydrogen-bond acceptors (Lipinski definition) is 5. The smallest absolute Gasteiger partial charge is 0.316 e. The monoisotopic (exact) mass is 367 g/mol. The number of benzene rings is 1. The van der Waals surface area contributed by atoms with Gasteiger partial charge in [0.2, 0.25) is 0 Å². The van der Waals surface area contributed by atoms with Crippen molar-refractivity contribution in [2.24, 2.45) is 0 Å². The number of nitrogens with one attached hydrogen (secondary N) is 1. The highest BCUT2D eigenvalue weighted by Crippen LogP contribution is 2.16. The number of thiophene rings is 1. The number of thioether (sulfide) groups is 1. The molecular formula is C17H18FNO3S2. The summed E-state index contributed by atoms with van der Waals surface area (Å²) in [5, 5.41) is 4.66. The predicted octanol–water partition coefficient (Wildman–Crippen LogP) is 3.02. The van der Waals surface area contributed by atoms with Gasteiger partial charge in [0.05, 0.1) is 5.75 Å². The summed E-state index contributed by atoms with van der Waals surface area (Å²) in [5.41, 5.74) is 0.929. The molecule has 0 radical (unpaired) electrons. The number of ether oxygens (including phenoxy) is 1. The van der Waals surface area contributed by atoms with Crippen LogP contribution in [0.5, 0.6) is 0 Å². The van der Waals surface area contributed by atoms with Crippen LogP contribution in [0, 0.1) is 5.82 Å². The standard InChI is InChI=1S/C17H18FNO3S2/c18-14-5-3-13(4-6-14)7-8-19-16(20)10-22-17(21)12-23-11-15-2-1-9-24-15/h1-6,9H,7-8,10-12H2,(H,19,20). The second-order valence-electron chi connectivity index (χ2n) is 4.96. The Labute approximate surface area is 148 Å². The molecule has 0 saturated carbocycles. The Morgan fingerprint density at radius 1 is 1.21 bits per heavy atom. The Morgan fingerprint density at radius 2 is 2.00 bits per heavy atom. The van der Waals surface area contributed by atoms with Crippen molar-refractivity contribution in [2.45, 2.75) is 12.2 Å². The van der Waals surface area contributed by atoms with E-state index in [4.69, 9.17) is 4.74 Å². The molecule has 0 spiro atoms. The minimum Gasteiger partial charge on any atom is -0.455 e. The van der Waals surface area contributed by atoms with E-state index < -0.39 is 5.97 Å². The molecule has 0 fully saturated rings. The average Bonchev–Trinajstić information content (AvgIpc) is 3.08. The van der Waals surface area contributed by atoms with Crippen LogP contribution in [0.2, 0.25) is 0 Å². The van der Waals surface area contributed by atoms with Crippen molar-refractivity contribution < 1.29 is 18.7 Å². The van der Waals surface area contributed by atoms with E-state index in [1.54, 1.807) is 23.5 Å². The summed E-state index contributed by atoms with van der Waals surface area (Å²) < 4.78 is 17.7. The lowest BCUT2D eigenvalue weighted by molar-refractivity contribution is -0.145. The molecule has 1 heterocycles. The number of rotatable bonds is 9. The molecule has 0 atom stereocenters. The minimum atomic E-state index is -0.398. The maximum absolute atomic E-state index is 12.8. The van der Waals surface area contributed by atoms with Gasteiger partial charge in [-0.1, -0.05) is 18.2 Å². The van der Waals surface area contributed by atoms with E-state index in [1.165, 1.54) is 28.8 Å². The molecule has 2 aromatic rings. The minimum absolute atomic E-state index is 0.223. The highest BCUT2D eigenvalue weighted by molar-refractivity contribution is 7.99. The van der Waals surface area contributed by atoms with Gasteiger partial charge in [-0.3, -0.25) is 9.59 Å². The summed E-state index contributed by atoms with van der Waals surface area (Å²) in [4.78, 5) is 24.3. The van der Waals surface area contributed by atoms with E-state index in [-0.39, 0.29) is 24.1 Å². The van der Waals surface area contributed by atoms with Crippen molar-refractivity contribution in [3.63, 3.8) is 0 Å². The Hall–Kier alpha value is -1.86. The molecule has 1 aromatic carbocycles. The highest BCUT2D eigenvalue weighted by Gasteiger charge is 2.08. The fraction of sp³-hybridized carbons (Fsp3) is 0.294. The topological polar surface area (TPSA) is 55.4 Å². The van der Waals surface area contributed by atoms with Crippen LogP contribution in [0.25, 0.3) is 0 Å². The molecule has 0 aliphatic rings. The van der Waals surface area contributed by atoms with Crippen LogP contribution in [0.1, 0.15) is 10.4 Å². The lowest BCUT2D eigenvalue weighted by atomic mass is 10.1. The maximum atomic E-state index is 12.8. The van der Waals surface area contributed by atoms with Gasteiger partial charge < -0.3 is 10.1 Å². The first-order valence-corrected chi connectivity index (χ1v) is 9.44. The van der Waals surface area contributed by atoms with Crippen molar-refractivity contribution in [1.82, 2.24) is 5.32 Å². The van der Waals surface area contributed by atoms with E-state index in [0.29, 0.717) is 13.0 Å². The van der Waals surface area contributed by atoms with E-state index in [2.05, 4.69) is 5.32 Å². The zero-order valence-electron chi connectivity index (χ0n) is 13.0. The van der Waals surface area contributed by atoms with Gasteiger partial charge in [0.1, 0.15) is 5.82 Å². The fourth-order valence-corrected chi connectivity index (χ4v) is 3.53. The Morgan fingerprint density at radius 3 is 2.71 bits per heavy atom. The van der Waals surface area contributed by atoms with Gasteiger partial charge in [0.25, 0.3) is 5.91 Å². The van der Waals surface area contributed by atoms with Gasteiger partial charge in [-0.05, 0) is 35.6 Å². The number of carbonyl (C=O) groups excluding carboxylic acids is 2. The van der Waals surface area contributed by atoms with E-state index in [1.807, 2.05) is 17.5 Å². The first-order chi connectivity index (χ1) is 11.6. The van der Waals surface area contributed by atoms with Crippen LogP contribution in [-0.4, -0.2) is 30.8 Å². The molecule has 2 rings (SSSR count). The lowest BCUT2D eigenvalue weighted by Gasteiger charge is -2.06. The van der Waals surface area contributed by atoms with E-state index in [0.717, 1.165) is 11.3 Å². The number of hydrogen-bond donors (Lipinski definition) is 1.